The molecule has 3 aromatic carbocycles. The number of carbonyl (C=O) groups excluding carboxylic acids is 2. The fraction of sp³-hybridized carbons (Fsp3) is 0.222. The topological polar surface area (TPSA) is 60.7 Å². The maximum Gasteiger partial charge on any atom is 0.331 e. The molecule has 0 fully saturated rings. The molecule has 4 aromatic rings. The zero-order valence-corrected chi connectivity index (χ0v) is 19.2. The van der Waals surface area contributed by atoms with E-state index in [1.807, 2.05) is 76.3 Å². The Morgan fingerprint density at radius 2 is 1.34 bits per heavy atom. The molecule has 0 aliphatic heterocycles. The van der Waals surface area contributed by atoms with Crippen molar-refractivity contribution in [1.82, 2.24) is 4.57 Å². The SMILES string of the molecule is CC(=O)O/N=C(\C)c1ccc2c(c1)c1cc(C(=O)c3c(C)cc(C)cc3C)ccc1n2C. The lowest BCUT2D eigenvalue weighted by atomic mass is 9.92. The van der Waals surface area contributed by atoms with E-state index in [-0.39, 0.29) is 5.78 Å². The fourth-order valence-corrected chi connectivity index (χ4v) is 4.45. The van der Waals surface area contributed by atoms with Crippen molar-refractivity contribution in [2.45, 2.75) is 34.6 Å². The highest BCUT2D eigenvalue weighted by molar-refractivity contribution is 6.16. The second kappa shape index (κ2) is 8.08. The average Bonchev–Trinajstić information content (AvgIpc) is 3.02. The van der Waals surface area contributed by atoms with Crippen LogP contribution in [-0.4, -0.2) is 22.0 Å². The lowest BCUT2D eigenvalue weighted by Gasteiger charge is -2.11. The van der Waals surface area contributed by atoms with Crippen LogP contribution in [0.4, 0.5) is 0 Å². The summed E-state index contributed by atoms with van der Waals surface area (Å²) in [7, 11) is 2.01. The number of aromatic nitrogens is 1. The van der Waals surface area contributed by atoms with Gasteiger partial charge in [-0.1, -0.05) is 28.9 Å². The second-order valence-electron chi connectivity index (χ2n) is 8.39. The summed E-state index contributed by atoms with van der Waals surface area (Å²) in [6.07, 6.45) is 0. The molecule has 0 saturated heterocycles. The Labute approximate surface area is 187 Å². The quantitative estimate of drug-likeness (QED) is 0.180. The average molecular weight is 427 g/mol. The van der Waals surface area contributed by atoms with Gasteiger partial charge in [-0.2, -0.15) is 0 Å². The van der Waals surface area contributed by atoms with Crippen molar-refractivity contribution in [2.75, 3.05) is 0 Å². The Morgan fingerprint density at radius 1 is 0.812 bits per heavy atom. The standard InChI is InChI=1S/C27H26N2O3/c1-15-11-16(2)26(17(3)12-15)27(31)21-8-10-25-23(14-21)22-13-20(7-9-24(22)29(25)6)18(4)28-32-19(5)30/h7-14H,1-6H3/b28-18+. The van der Waals surface area contributed by atoms with Crippen molar-refractivity contribution in [2.24, 2.45) is 12.2 Å². The summed E-state index contributed by atoms with van der Waals surface area (Å²) >= 11 is 0. The predicted octanol–water partition coefficient (Wildman–Crippen LogP) is 5.77. The van der Waals surface area contributed by atoms with E-state index in [2.05, 4.69) is 9.72 Å². The van der Waals surface area contributed by atoms with E-state index in [9.17, 15) is 9.59 Å². The van der Waals surface area contributed by atoms with Crippen LogP contribution in [0.3, 0.4) is 0 Å². The first-order chi connectivity index (χ1) is 15.2. The zero-order chi connectivity index (χ0) is 23.2. The second-order valence-corrected chi connectivity index (χ2v) is 8.39. The molecule has 5 heteroatoms. The monoisotopic (exact) mass is 426 g/mol. The highest BCUT2D eigenvalue weighted by atomic mass is 16.7. The summed E-state index contributed by atoms with van der Waals surface area (Å²) in [6.45, 7) is 9.14. The highest BCUT2D eigenvalue weighted by Gasteiger charge is 2.17. The molecule has 1 heterocycles. The molecule has 0 radical (unpaired) electrons. The molecule has 0 aliphatic carbocycles. The van der Waals surface area contributed by atoms with Crippen LogP contribution in [0.5, 0.6) is 0 Å². The van der Waals surface area contributed by atoms with Gasteiger partial charge in [-0.25, -0.2) is 4.79 Å². The van der Waals surface area contributed by atoms with Crippen LogP contribution < -0.4 is 0 Å². The minimum atomic E-state index is -0.458. The molecular formula is C27H26N2O3. The Morgan fingerprint density at radius 3 is 1.91 bits per heavy atom. The lowest BCUT2D eigenvalue weighted by Crippen LogP contribution is -2.06. The van der Waals surface area contributed by atoms with E-state index in [1.165, 1.54) is 6.92 Å². The minimum Gasteiger partial charge on any atom is -0.344 e. The number of rotatable bonds is 4. The zero-order valence-electron chi connectivity index (χ0n) is 19.2. The van der Waals surface area contributed by atoms with Gasteiger partial charge < -0.3 is 9.40 Å². The first-order valence-electron chi connectivity index (χ1n) is 10.5. The summed E-state index contributed by atoms with van der Waals surface area (Å²) < 4.78 is 2.11. The van der Waals surface area contributed by atoms with Gasteiger partial charge >= 0.3 is 5.97 Å². The van der Waals surface area contributed by atoms with Crippen molar-refractivity contribution < 1.29 is 14.4 Å². The number of nitrogens with zero attached hydrogens (tertiary/aromatic N) is 2. The maximum atomic E-state index is 13.4. The van der Waals surface area contributed by atoms with Gasteiger partial charge in [-0.15, -0.1) is 0 Å². The molecule has 5 nitrogen and oxygen atoms in total. The number of fused-ring (bicyclic) bond motifs is 3. The number of oxime groups is 1. The van der Waals surface area contributed by atoms with E-state index in [0.29, 0.717) is 11.3 Å². The van der Waals surface area contributed by atoms with Crippen molar-refractivity contribution in [1.29, 1.82) is 0 Å². The smallest absolute Gasteiger partial charge is 0.331 e. The van der Waals surface area contributed by atoms with Crippen LogP contribution in [0.1, 0.15) is 52.0 Å². The molecule has 0 saturated carbocycles. The van der Waals surface area contributed by atoms with Crippen LogP contribution in [0.2, 0.25) is 0 Å². The van der Waals surface area contributed by atoms with Gasteiger partial charge in [0.2, 0.25) is 0 Å². The van der Waals surface area contributed by atoms with Crippen molar-refractivity contribution in [3.8, 4) is 0 Å². The molecule has 1 aromatic heterocycles. The van der Waals surface area contributed by atoms with Crippen LogP contribution in [-0.2, 0) is 16.7 Å². The van der Waals surface area contributed by atoms with Crippen molar-refractivity contribution in [3.05, 3.63) is 81.9 Å². The normalized spacial score (nSPS) is 11.9. The first kappa shape index (κ1) is 21.5. The Bertz CT molecular complexity index is 1420. The summed E-state index contributed by atoms with van der Waals surface area (Å²) in [4.78, 5) is 29.3. The largest absolute Gasteiger partial charge is 0.344 e. The molecule has 0 amide bonds. The summed E-state index contributed by atoms with van der Waals surface area (Å²) in [5.74, 6) is -0.428. The number of carbonyl (C=O) groups is 2. The number of benzene rings is 3. The molecule has 0 unspecified atom stereocenters. The molecule has 162 valence electrons. The fourth-order valence-electron chi connectivity index (χ4n) is 4.45. The number of ketones is 1. The van der Waals surface area contributed by atoms with Crippen LogP contribution >= 0.6 is 0 Å². The highest BCUT2D eigenvalue weighted by Crippen LogP contribution is 2.31. The molecule has 0 aliphatic rings. The van der Waals surface area contributed by atoms with E-state index in [0.717, 1.165) is 49.6 Å². The molecular weight excluding hydrogens is 400 g/mol. The van der Waals surface area contributed by atoms with Gasteiger partial charge in [0.15, 0.2) is 5.78 Å². The molecule has 32 heavy (non-hydrogen) atoms. The van der Waals surface area contributed by atoms with Crippen LogP contribution in [0.25, 0.3) is 21.8 Å². The Hall–Kier alpha value is -3.73. The minimum absolute atomic E-state index is 0.0302. The van der Waals surface area contributed by atoms with Gasteiger partial charge in [0.05, 0.1) is 5.71 Å². The predicted molar refractivity (Wildman–Crippen MR) is 128 cm³/mol. The number of hydrogen-bond donors (Lipinski definition) is 0. The van der Waals surface area contributed by atoms with Crippen LogP contribution in [0, 0.1) is 20.8 Å². The Kier molecular flexibility index (Phi) is 5.43. The molecule has 0 N–H and O–H groups in total. The molecule has 4 rings (SSSR count). The summed E-state index contributed by atoms with van der Waals surface area (Å²) in [6, 6.07) is 16.0. The first-order valence-corrected chi connectivity index (χ1v) is 10.5. The van der Waals surface area contributed by atoms with E-state index in [1.54, 1.807) is 6.92 Å². The third-order valence-corrected chi connectivity index (χ3v) is 5.90. The van der Waals surface area contributed by atoms with Gasteiger partial charge in [0.25, 0.3) is 0 Å². The van der Waals surface area contributed by atoms with Crippen molar-refractivity contribution >= 4 is 39.3 Å². The lowest BCUT2D eigenvalue weighted by molar-refractivity contribution is -0.140. The van der Waals surface area contributed by atoms with Gasteiger partial charge in [-0.3, -0.25) is 4.79 Å². The van der Waals surface area contributed by atoms with Gasteiger partial charge in [-0.05, 0) is 74.7 Å². The summed E-state index contributed by atoms with van der Waals surface area (Å²) in [5, 5.41) is 5.92. The maximum absolute atomic E-state index is 13.4. The van der Waals surface area contributed by atoms with Gasteiger partial charge in [0.1, 0.15) is 0 Å². The van der Waals surface area contributed by atoms with E-state index < -0.39 is 5.97 Å². The Balaban J connectivity index is 1.87. The third kappa shape index (κ3) is 3.71. The van der Waals surface area contributed by atoms with E-state index in [4.69, 9.17) is 4.84 Å². The summed E-state index contributed by atoms with van der Waals surface area (Å²) in [5.41, 5.74) is 8.12. The molecule has 0 atom stereocenters. The van der Waals surface area contributed by atoms with Gasteiger partial charge in [0, 0.05) is 46.9 Å². The number of hydrogen-bond acceptors (Lipinski definition) is 4. The molecule has 0 bridgehead atoms. The molecule has 0 spiro atoms. The van der Waals surface area contributed by atoms with Crippen molar-refractivity contribution in [3.63, 3.8) is 0 Å². The third-order valence-electron chi connectivity index (χ3n) is 5.90. The van der Waals surface area contributed by atoms with Crippen LogP contribution in [0.15, 0.2) is 53.7 Å². The number of aryl methyl sites for hydroxylation is 4. The van der Waals surface area contributed by atoms with E-state index >= 15 is 0 Å².